The highest BCUT2D eigenvalue weighted by molar-refractivity contribution is 5.67. The first kappa shape index (κ1) is 14.4. The zero-order chi connectivity index (χ0) is 11.7. The van der Waals surface area contributed by atoms with Crippen LogP contribution in [0.3, 0.4) is 0 Å². The number of hydrogen-bond donors (Lipinski definition) is 3. The molecule has 0 aromatic carbocycles. The van der Waals surface area contributed by atoms with E-state index in [0.29, 0.717) is 6.42 Å². The van der Waals surface area contributed by atoms with Crippen molar-refractivity contribution in [3.63, 3.8) is 0 Å². The standard InChI is InChI=1S/C11H22O4/c1-2-5-9(12)6-3-4-7-10(13)8-11(14)15/h9-10,12-13H,2-8H2,1H3,(H,14,15). The lowest BCUT2D eigenvalue weighted by Crippen LogP contribution is -2.13. The molecule has 2 unspecified atom stereocenters. The van der Waals surface area contributed by atoms with Crippen LogP contribution in [0.25, 0.3) is 0 Å². The molecule has 2 atom stereocenters. The summed E-state index contributed by atoms with van der Waals surface area (Å²) in [7, 11) is 0. The van der Waals surface area contributed by atoms with Crippen LogP contribution in [-0.4, -0.2) is 33.5 Å². The zero-order valence-corrected chi connectivity index (χ0v) is 9.35. The molecule has 0 rings (SSSR count). The molecule has 0 fully saturated rings. The third-order valence-corrected chi connectivity index (χ3v) is 2.36. The lowest BCUT2D eigenvalue weighted by molar-refractivity contribution is -0.139. The van der Waals surface area contributed by atoms with Gasteiger partial charge in [-0.3, -0.25) is 4.79 Å². The summed E-state index contributed by atoms with van der Waals surface area (Å²) in [5.41, 5.74) is 0. The van der Waals surface area contributed by atoms with Gasteiger partial charge in [-0.2, -0.15) is 0 Å². The second kappa shape index (κ2) is 8.68. The summed E-state index contributed by atoms with van der Waals surface area (Å²) in [5, 5.41) is 27.0. The molecule has 0 heterocycles. The Hall–Kier alpha value is -0.610. The van der Waals surface area contributed by atoms with E-state index in [-0.39, 0.29) is 12.5 Å². The van der Waals surface area contributed by atoms with Gasteiger partial charge in [0.05, 0.1) is 18.6 Å². The molecule has 0 saturated carbocycles. The SMILES string of the molecule is CCCC(O)CCCCC(O)CC(=O)O. The van der Waals surface area contributed by atoms with E-state index >= 15 is 0 Å². The van der Waals surface area contributed by atoms with E-state index < -0.39 is 12.1 Å². The molecule has 3 N–H and O–H groups in total. The molecule has 0 amide bonds. The van der Waals surface area contributed by atoms with Crippen LogP contribution in [0.1, 0.15) is 51.9 Å². The third kappa shape index (κ3) is 9.69. The summed E-state index contributed by atoms with van der Waals surface area (Å²) < 4.78 is 0. The fraction of sp³-hybridized carbons (Fsp3) is 0.909. The van der Waals surface area contributed by atoms with Crippen LogP contribution in [0, 0.1) is 0 Å². The van der Waals surface area contributed by atoms with Gasteiger partial charge in [-0.05, 0) is 19.3 Å². The lowest BCUT2D eigenvalue weighted by Gasteiger charge is -2.10. The van der Waals surface area contributed by atoms with Crippen molar-refractivity contribution in [2.24, 2.45) is 0 Å². The number of carboxylic acids is 1. The van der Waals surface area contributed by atoms with Crippen molar-refractivity contribution in [1.29, 1.82) is 0 Å². The Labute approximate surface area is 90.9 Å². The largest absolute Gasteiger partial charge is 0.481 e. The third-order valence-electron chi connectivity index (χ3n) is 2.36. The summed E-state index contributed by atoms with van der Waals surface area (Å²) >= 11 is 0. The van der Waals surface area contributed by atoms with Crippen LogP contribution in [0.5, 0.6) is 0 Å². The highest BCUT2D eigenvalue weighted by Crippen LogP contribution is 2.10. The van der Waals surface area contributed by atoms with Crippen LogP contribution < -0.4 is 0 Å². The fourth-order valence-corrected chi connectivity index (χ4v) is 1.54. The number of carbonyl (C=O) groups is 1. The number of unbranched alkanes of at least 4 members (excludes halogenated alkanes) is 1. The van der Waals surface area contributed by atoms with E-state index in [4.69, 9.17) is 5.11 Å². The van der Waals surface area contributed by atoms with Crippen molar-refractivity contribution in [2.75, 3.05) is 0 Å². The van der Waals surface area contributed by atoms with Gasteiger partial charge >= 0.3 is 5.97 Å². The number of hydrogen-bond acceptors (Lipinski definition) is 3. The first-order chi connectivity index (χ1) is 7.06. The summed E-state index contributed by atoms with van der Waals surface area (Å²) in [5.74, 6) is -0.964. The van der Waals surface area contributed by atoms with E-state index in [9.17, 15) is 15.0 Å². The van der Waals surface area contributed by atoms with E-state index in [2.05, 4.69) is 0 Å². The minimum Gasteiger partial charge on any atom is -0.481 e. The van der Waals surface area contributed by atoms with E-state index in [1.807, 2.05) is 6.92 Å². The molecular weight excluding hydrogens is 196 g/mol. The fourth-order valence-electron chi connectivity index (χ4n) is 1.54. The summed E-state index contributed by atoms with van der Waals surface area (Å²) in [6.45, 7) is 2.03. The van der Waals surface area contributed by atoms with Gasteiger partial charge in [0.15, 0.2) is 0 Å². The molecular formula is C11H22O4. The molecule has 0 aromatic rings. The van der Waals surface area contributed by atoms with Crippen LogP contribution in [0.15, 0.2) is 0 Å². The van der Waals surface area contributed by atoms with Gasteiger partial charge in [0.1, 0.15) is 0 Å². The van der Waals surface area contributed by atoms with Gasteiger partial charge in [-0.15, -0.1) is 0 Å². The predicted molar refractivity (Wildman–Crippen MR) is 57.6 cm³/mol. The van der Waals surface area contributed by atoms with Crippen LogP contribution in [-0.2, 0) is 4.79 Å². The number of rotatable bonds is 9. The number of carboxylic acid groups (broad SMARTS) is 1. The van der Waals surface area contributed by atoms with Gasteiger partial charge in [-0.25, -0.2) is 0 Å². The van der Waals surface area contributed by atoms with E-state index in [1.165, 1.54) is 0 Å². The molecule has 0 spiro atoms. The van der Waals surface area contributed by atoms with Gasteiger partial charge in [0.2, 0.25) is 0 Å². The van der Waals surface area contributed by atoms with E-state index in [0.717, 1.165) is 32.1 Å². The van der Waals surface area contributed by atoms with E-state index in [1.54, 1.807) is 0 Å². The van der Waals surface area contributed by atoms with Crippen molar-refractivity contribution in [3.05, 3.63) is 0 Å². The minimum atomic E-state index is -0.964. The number of aliphatic hydroxyl groups is 2. The maximum absolute atomic E-state index is 10.2. The molecule has 0 aliphatic rings. The predicted octanol–water partition coefficient (Wildman–Crippen LogP) is 1.54. The Balaban J connectivity index is 3.33. The number of aliphatic hydroxyl groups excluding tert-OH is 2. The topological polar surface area (TPSA) is 77.8 Å². The Morgan fingerprint density at radius 3 is 2.07 bits per heavy atom. The first-order valence-electron chi connectivity index (χ1n) is 5.64. The van der Waals surface area contributed by atoms with Gasteiger partial charge in [0.25, 0.3) is 0 Å². The molecule has 4 heteroatoms. The van der Waals surface area contributed by atoms with Gasteiger partial charge < -0.3 is 15.3 Å². The average Bonchev–Trinajstić information content (AvgIpc) is 2.12. The molecule has 0 radical (unpaired) electrons. The zero-order valence-electron chi connectivity index (χ0n) is 9.35. The molecule has 0 aliphatic carbocycles. The van der Waals surface area contributed by atoms with Crippen molar-refractivity contribution in [3.8, 4) is 0 Å². The normalized spacial score (nSPS) is 14.9. The summed E-state index contributed by atoms with van der Waals surface area (Å²) in [6.07, 6.45) is 3.49. The van der Waals surface area contributed by atoms with Crippen LogP contribution in [0.2, 0.25) is 0 Å². The lowest BCUT2D eigenvalue weighted by atomic mass is 10.0. The Bertz CT molecular complexity index is 170. The smallest absolute Gasteiger partial charge is 0.305 e. The molecule has 15 heavy (non-hydrogen) atoms. The quantitative estimate of drug-likeness (QED) is 0.513. The molecule has 0 bridgehead atoms. The van der Waals surface area contributed by atoms with Crippen molar-refractivity contribution < 1.29 is 20.1 Å². The Morgan fingerprint density at radius 2 is 1.60 bits per heavy atom. The van der Waals surface area contributed by atoms with Gasteiger partial charge in [-0.1, -0.05) is 26.2 Å². The minimum absolute atomic E-state index is 0.183. The van der Waals surface area contributed by atoms with Crippen molar-refractivity contribution in [2.45, 2.75) is 64.1 Å². The Kier molecular flexibility index (Phi) is 8.33. The average molecular weight is 218 g/mol. The Morgan fingerprint density at radius 1 is 1.07 bits per heavy atom. The summed E-state index contributed by atoms with van der Waals surface area (Å²) in [6, 6.07) is 0. The maximum Gasteiger partial charge on any atom is 0.305 e. The van der Waals surface area contributed by atoms with Crippen LogP contribution in [0.4, 0.5) is 0 Å². The number of aliphatic carboxylic acids is 1. The molecule has 90 valence electrons. The highest BCUT2D eigenvalue weighted by Gasteiger charge is 2.09. The molecule has 0 aromatic heterocycles. The highest BCUT2D eigenvalue weighted by atomic mass is 16.4. The molecule has 0 aliphatic heterocycles. The summed E-state index contributed by atoms with van der Waals surface area (Å²) in [4.78, 5) is 10.2. The molecule has 4 nitrogen and oxygen atoms in total. The second-order valence-electron chi connectivity index (χ2n) is 3.98. The first-order valence-corrected chi connectivity index (χ1v) is 5.64. The van der Waals surface area contributed by atoms with Crippen molar-refractivity contribution >= 4 is 5.97 Å². The van der Waals surface area contributed by atoms with Crippen LogP contribution >= 0.6 is 0 Å². The van der Waals surface area contributed by atoms with Gasteiger partial charge in [0, 0.05) is 0 Å². The monoisotopic (exact) mass is 218 g/mol. The molecule has 0 saturated heterocycles. The maximum atomic E-state index is 10.2. The second-order valence-corrected chi connectivity index (χ2v) is 3.98. The van der Waals surface area contributed by atoms with Crippen molar-refractivity contribution in [1.82, 2.24) is 0 Å².